The van der Waals surface area contributed by atoms with Gasteiger partial charge in [-0.1, -0.05) is 10.4 Å². The van der Waals surface area contributed by atoms with Crippen molar-refractivity contribution in [3.05, 3.63) is 12.7 Å². The summed E-state index contributed by atoms with van der Waals surface area (Å²) in [6.07, 6.45) is 1.63. The molecule has 0 aliphatic heterocycles. The summed E-state index contributed by atoms with van der Waals surface area (Å²) in [7, 11) is 0. The van der Waals surface area contributed by atoms with Gasteiger partial charge < -0.3 is 34.9 Å². The maximum atomic E-state index is 8.55. The molecule has 0 radical (unpaired) electrons. The van der Waals surface area contributed by atoms with Crippen molar-refractivity contribution in [2.45, 2.75) is 0 Å². The van der Waals surface area contributed by atoms with E-state index in [1.165, 1.54) is 4.90 Å². The molecule has 0 bridgehead atoms. The van der Waals surface area contributed by atoms with Crippen molar-refractivity contribution in [2.24, 2.45) is 0 Å². The molecule has 10 heavy (non-hydrogen) atoms. The zero-order valence-electron chi connectivity index (χ0n) is 5.91. The van der Waals surface area contributed by atoms with E-state index in [2.05, 4.69) is 31.4 Å². The second-order valence-electron chi connectivity index (χ2n) is 1.42. The summed E-state index contributed by atoms with van der Waals surface area (Å²) in [4.78, 5) is 1.46. The molecule has 0 atom stereocenters. The van der Waals surface area contributed by atoms with Gasteiger partial charge in [0.15, 0.2) is 0 Å². The van der Waals surface area contributed by atoms with E-state index in [-0.39, 0.29) is 40.6 Å². The summed E-state index contributed by atoms with van der Waals surface area (Å²) in [6.45, 7) is 3.85. The Bertz CT molecular complexity index is 120. The molecule has 0 aliphatic rings. The number of rotatable bonds is 3. The van der Waals surface area contributed by atoms with Crippen molar-refractivity contribution in [3.63, 3.8) is 0 Å². The largest absolute Gasteiger partial charge is 1.00 e. The van der Waals surface area contributed by atoms with Crippen LogP contribution in [-0.2, 0) is 12.6 Å². The molecule has 0 heterocycles. The normalized spacial score (nSPS) is 7.70. The smallest absolute Gasteiger partial charge is 0.411 e. The van der Waals surface area contributed by atoms with Crippen LogP contribution in [0.25, 0.3) is 0 Å². The Labute approximate surface area is 94.0 Å². The third kappa shape index (κ3) is 5.58. The number of thiocarbonyl (C=S) groups is 1. The summed E-state index contributed by atoms with van der Waals surface area (Å²) < 4.78 is 0.275. The van der Waals surface area contributed by atoms with Crippen LogP contribution in [0, 0.1) is 0 Å². The van der Waals surface area contributed by atoms with Gasteiger partial charge in [-0.25, -0.2) is 0 Å². The summed E-state index contributed by atoms with van der Waals surface area (Å²) in [5.74, 6) is 0. The van der Waals surface area contributed by atoms with Crippen LogP contribution < -0.4 is 29.6 Å². The molecule has 52 valence electrons. The van der Waals surface area contributed by atoms with Crippen molar-refractivity contribution < 1.29 is 34.7 Å². The first-order valence-electron chi connectivity index (χ1n) is 2.40. The Hall–Kier alpha value is 0.810. The monoisotopic (exact) mass is 185 g/mol. The van der Waals surface area contributed by atoms with Crippen molar-refractivity contribution in [1.29, 1.82) is 0 Å². The molecule has 0 aromatic heterocycles. The van der Waals surface area contributed by atoms with Crippen LogP contribution in [0.15, 0.2) is 12.7 Å². The molecule has 0 aromatic rings. The Morgan fingerprint density at radius 3 is 2.40 bits per heavy atom. The van der Waals surface area contributed by atoms with E-state index < -0.39 is 0 Å². The molecular weight excluding hydrogens is 177 g/mol. The minimum Gasteiger partial charge on any atom is -0.411 e. The van der Waals surface area contributed by atoms with Gasteiger partial charge in [0.2, 0.25) is 0 Å². The van der Waals surface area contributed by atoms with Crippen LogP contribution in [0.5, 0.6) is 0 Å². The van der Waals surface area contributed by atoms with Gasteiger partial charge in [0.25, 0.3) is 0 Å². The standard InChI is InChI=1S/C5H9NOS2.Na/c1-2-3-6(4-7)5(8)9;/h2,7H,1,3-4H2,(H,8,9);/q;+1/p-1. The van der Waals surface area contributed by atoms with Crippen LogP contribution in [0.3, 0.4) is 0 Å². The Morgan fingerprint density at radius 1 is 1.80 bits per heavy atom. The van der Waals surface area contributed by atoms with Gasteiger partial charge in [0.05, 0.1) is 0 Å². The summed E-state index contributed by atoms with van der Waals surface area (Å²) in [5.41, 5.74) is 0. The van der Waals surface area contributed by atoms with Gasteiger partial charge in [-0.05, 0) is 0 Å². The number of aliphatic hydroxyl groups is 1. The summed E-state index contributed by atoms with van der Waals surface area (Å²) in [6, 6.07) is 0. The molecule has 0 aromatic carbocycles. The zero-order chi connectivity index (χ0) is 7.28. The Morgan fingerprint density at radius 2 is 2.30 bits per heavy atom. The SMILES string of the molecule is C=CCN(CO)C(=S)[S-].[Na+]. The number of aliphatic hydroxyl groups excluding tert-OH is 1. The maximum Gasteiger partial charge on any atom is 1.00 e. The van der Waals surface area contributed by atoms with E-state index in [1.54, 1.807) is 6.08 Å². The second-order valence-corrected chi connectivity index (χ2v) is 2.45. The Kier molecular flexibility index (Phi) is 10.6. The molecule has 0 spiro atoms. The number of hydrogen-bond donors (Lipinski definition) is 1. The molecule has 0 saturated carbocycles. The zero-order valence-corrected chi connectivity index (χ0v) is 9.54. The fourth-order valence-corrected chi connectivity index (χ4v) is 0.610. The molecule has 0 saturated heterocycles. The minimum atomic E-state index is -0.131. The van der Waals surface area contributed by atoms with E-state index >= 15 is 0 Å². The van der Waals surface area contributed by atoms with Gasteiger partial charge in [0, 0.05) is 6.54 Å². The van der Waals surface area contributed by atoms with Gasteiger partial charge >= 0.3 is 29.6 Å². The predicted octanol–water partition coefficient (Wildman–Crippen LogP) is -2.74. The first-order chi connectivity index (χ1) is 4.22. The first kappa shape index (κ1) is 13.4. The predicted molar refractivity (Wildman–Crippen MR) is 44.0 cm³/mol. The molecular formula is C5H8NNaOS2. The third-order valence-corrected chi connectivity index (χ3v) is 1.29. The average Bonchev–Trinajstić information content (AvgIpc) is 1.82. The molecule has 2 nitrogen and oxygen atoms in total. The van der Waals surface area contributed by atoms with Crippen LogP contribution in [0.2, 0.25) is 0 Å². The first-order valence-corrected chi connectivity index (χ1v) is 3.21. The van der Waals surface area contributed by atoms with Crippen molar-refractivity contribution >= 4 is 29.2 Å². The number of hydrogen-bond acceptors (Lipinski definition) is 3. The topological polar surface area (TPSA) is 23.5 Å². The Balaban J connectivity index is 0. The van der Waals surface area contributed by atoms with E-state index in [1.807, 2.05) is 0 Å². The van der Waals surface area contributed by atoms with Crippen molar-refractivity contribution in [3.8, 4) is 0 Å². The second kappa shape index (κ2) is 7.91. The molecule has 5 heteroatoms. The van der Waals surface area contributed by atoms with E-state index in [0.717, 1.165) is 0 Å². The fraction of sp³-hybridized carbons (Fsp3) is 0.400. The maximum absolute atomic E-state index is 8.55. The third-order valence-electron chi connectivity index (χ3n) is 0.778. The number of nitrogens with zero attached hydrogens (tertiary/aromatic N) is 1. The van der Waals surface area contributed by atoms with Gasteiger partial charge in [-0.15, -0.1) is 6.58 Å². The van der Waals surface area contributed by atoms with E-state index in [0.29, 0.717) is 6.54 Å². The van der Waals surface area contributed by atoms with Gasteiger partial charge in [-0.2, -0.15) is 0 Å². The van der Waals surface area contributed by atoms with Gasteiger partial charge in [-0.3, -0.25) is 0 Å². The van der Waals surface area contributed by atoms with E-state index in [4.69, 9.17) is 5.11 Å². The summed E-state index contributed by atoms with van der Waals surface area (Å²) >= 11 is 9.23. The van der Waals surface area contributed by atoms with Crippen LogP contribution >= 0.6 is 12.2 Å². The molecule has 0 fully saturated rings. The molecule has 0 amide bonds. The minimum absolute atomic E-state index is 0. The fourth-order valence-electron chi connectivity index (χ4n) is 0.346. The van der Waals surface area contributed by atoms with Crippen LogP contribution in [0.4, 0.5) is 0 Å². The molecule has 0 unspecified atom stereocenters. The average molecular weight is 185 g/mol. The van der Waals surface area contributed by atoms with Crippen molar-refractivity contribution in [1.82, 2.24) is 4.90 Å². The van der Waals surface area contributed by atoms with Crippen molar-refractivity contribution in [2.75, 3.05) is 13.3 Å². The molecule has 1 N–H and O–H groups in total. The van der Waals surface area contributed by atoms with Crippen LogP contribution in [0.1, 0.15) is 0 Å². The molecule has 0 rings (SSSR count). The summed E-state index contributed by atoms with van der Waals surface area (Å²) in [5, 5.41) is 8.55. The van der Waals surface area contributed by atoms with Gasteiger partial charge in [0.1, 0.15) is 6.73 Å². The molecule has 0 aliphatic carbocycles. The quantitative estimate of drug-likeness (QED) is 0.169. The van der Waals surface area contributed by atoms with Crippen LogP contribution in [-0.4, -0.2) is 27.6 Å². The van der Waals surface area contributed by atoms with E-state index in [9.17, 15) is 0 Å².